The van der Waals surface area contributed by atoms with Gasteiger partial charge >= 0.3 is 5.76 Å². The highest BCUT2D eigenvalue weighted by molar-refractivity contribution is 5.85. The van der Waals surface area contributed by atoms with Crippen LogP contribution in [-0.4, -0.2) is 4.98 Å². The Morgan fingerprint density at radius 3 is 3.00 bits per heavy atom. The molecule has 1 unspecified atom stereocenters. The molecule has 3 rings (SSSR count). The molecule has 2 aromatic heterocycles. The molecular formula is C13H13N3O3. The molecule has 1 aromatic carbocycles. The lowest BCUT2D eigenvalue weighted by Gasteiger charge is -2.14. The van der Waals surface area contributed by atoms with Gasteiger partial charge in [-0.15, -0.1) is 0 Å². The summed E-state index contributed by atoms with van der Waals surface area (Å²) in [4.78, 5) is 13.7. The molecule has 0 saturated heterocycles. The van der Waals surface area contributed by atoms with Crippen molar-refractivity contribution < 1.29 is 8.83 Å². The summed E-state index contributed by atoms with van der Waals surface area (Å²) in [6.07, 6.45) is 1.62. The molecule has 19 heavy (non-hydrogen) atoms. The van der Waals surface area contributed by atoms with Gasteiger partial charge in [-0.2, -0.15) is 0 Å². The van der Waals surface area contributed by atoms with Crippen molar-refractivity contribution >= 4 is 22.5 Å². The number of rotatable bonds is 3. The number of nitrogens with two attached hydrogens (primary N) is 1. The largest absolute Gasteiger partial charge is 0.467 e. The summed E-state index contributed by atoms with van der Waals surface area (Å²) in [5.41, 5.74) is 8.20. The molecule has 0 aliphatic rings. The van der Waals surface area contributed by atoms with Gasteiger partial charge in [-0.05, 0) is 25.1 Å². The SMILES string of the molecule is CC(Nc1cc2[nH]c(=O)oc2cc1N)c1ccco1. The minimum Gasteiger partial charge on any atom is -0.467 e. The normalized spacial score (nSPS) is 12.7. The van der Waals surface area contributed by atoms with Crippen molar-refractivity contribution in [3.63, 3.8) is 0 Å². The van der Waals surface area contributed by atoms with E-state index in [2.05, 4.69) is 10.3 Å². The third kappa shape index (κ3) is 2.08. The fraction of sp³-hybridized carbons (Fsp3) is 0.154. The molecule has 2 heterocycles. The van der Waals surface area contributed by atoms with E-state index in [1.807, 2.05) is 19.1 Å². The van der Waals surface area contributed by atoms with Crippen molar-refractivity contribution in [2.75, 3.05) is 11.1 Å². The van der Waals surface area contributed by atoms with Gasteiger partial charge < -0.3 is 19.9 Å². The fourth-order valence-corrected chi connectivity index (χ4v) is 1.98. The molecule has 0 radical (unpaired) electrons. The summed E-state index contributed by atoms with van der Waals surface area (Å²) in [5.74, 6) is 0.311. The number of oxazole rings is 1. The molecule has 0 aliphatic carbocycles. The van der Waals surface area contributed by atoms with Crippen LogP contribution in [0, 0.1) is 0 Å². The van der Waals surface area contributed by atoms with Crippen molar-refractivity contribution in [2.24, 2.45) is 0 Å². The molecule has 0 amide bonds. The average Bonchev–Trinajstić information content (AvgIpc) is 2.97. The van der Waals surface area contributed by atoms with E-state index in [0.717, 1.165) is 5.76 Å². The summed E-state index contributed by atoms with van der Waals surface area (Å²) in [6, 6.07) is 7.03. The first-order chi connectivity index (χ1) is 9.13. The van der Waals surface area contributed by atoms with Crippen LogP contribution < -0.4 is 16.8 Å². The van der Waals surface area contributed by atoms with E-state index in [0.29, 0.717) is 22.5 Å². The Morgan fingerprint density at radius 2 is 2.26 bits per heavy atom. The molecule has 4 N–H and O–H groups in total. The van der Waals surface area contributed by atoms with Crippen molar-refractivity contribution in [1.29, 1.82) is 0 Å². The standard InChI is InChI=1S/C13H13N3O3/c1-7(11-3-2-4-18-11)15-9-6-10-12(5-8(9)14)19-13(17)16-10/h2-7,15H,14H2,1H3,(H,16,17). The fourth-order valence-electron chi connectivity index (χ4n) is 1.98. The van der Waals surface area contributed by atoms with Crippen LogP contribution in [0.15, 0.2) is 44.2 Å². The lowest BCUT2D eigenvalue weighted by molar-refractivity contribution is 0.490. The highest BCUT2D eigenvalue weighted by atomic mass is 16.4. The van der Waals surface area contributed by atoms with E-state index in [1.54, 1.807) is 18.4 Å². The van der Waals surface area contributed by atoms with Gasteiger partial charge in [-0.3, -0.25) is 4.98 Å². The number of nitrogens with one attached hydrogen (secondary N) is 2. The zero-order valence-electron chi connectivity index (χ0n) is 10.3. The monoisotopic (exact) mass is 259 g/mol. The molecule has 1 atom stereocenters. The van der Waals surface area contributed by atoms with E-state index < -0.39 is 5.76 Å². The van der Waals surface area contributed by atoms with Gasteiger partial charge in [0.15, 0.2) is 5.58 Å². The van der Waals surface area contributed by atoms with Gasteiger partial charge in [0.05, 0.1) is 29.2 Å². The molecule has 0 bridgehead atoms. The van der Waals surface area contributed by atoms with Crippen LogP contribution in [0.4, 0.5) is 11.4 Å². The van der Waals surface area contributed by atoms with Crippen molar-refractivity contribution in [3.8, 4) is 0 Å². The summed E-state index contributed by atoms with van der Waals surface area (Å²) >= 11 is 0. The van der Waals surface area contributed by atoms with Gasteiger partial charge in [0.1, 0.15) is 5.76 Å². The Bertz CT molecular complexity index is 755. The number of aromatic amines is 1. The Labute approximate surface area is 108 Å². The molecule has 3 aromatic rings. The average molecular weight is 259 g/mol. The topological polar surface area (TPSA) is 97.2 Å². The van der Waals surface area contributed by atoms with E-state index in [1.165, 1.54) is 0 Å². The third-order valence-corrected chi connectivity index (χ3v) is 2.93. The number of nitrogen functional groups attached to an aromatic ring is 1. The van der Waals surface area contributed by atoms with Gasteiger partial charge in [0.25, 0.3) is 0 Å². The van der Waals surface area contributed by atoms with Crippen LogP contribution in [-0.2, 0) is 0 Å². The second-order valence-electron chi connectivity index (χ2n) is 4.33. The first kappa shape index (κ1) is 11.5. The van der Waals surface area contributed by atoms with E-state index in [-0.39, 0.29) is 6.04 Å². The van der Waals surface area contributed by atoms with Crippen LogP contribution in [0.1, 0.15) is 18.7 Å². The molecule has 0 fully saturated rings. The highest BCUT2D eigenvalue weighted by Gasteiger charge is 2.12. The van der Waals surface area contributed by atoms with Crippen molar-refractivity contribution in [2.45, 2.75) is 13.0 Å². The Balaban J connectivity index is 1.96. The van der Waals surface area contributed by atoms with Crippen LogP contribution >= 0.6 is 0 Å². The number of H-pyrrole nitrogens is 1. The van der Waals surface area contributed by atoms with Crippen LogP contribution in [0.2, 0.25) is 0 Å². The molecule has 0 saturated carbocycles. The van der Waals surface area contributed by atoms with Gasteiger partial charge in [0, 0.05) is 6.07 Å². The maximum atomic E-state index is 11.1. The number of hydrogen-bond donors (Lipinski definition) is 3. The number of furan rings is 1. The van der Waals surface area contributed by atoms with Crippen LogP contribution in [0.3, 0.4) is 0 Å². The Kier molecular flexibility index (Phi) is 2.56. The summed E-state index contributed by atoms with van der Waals surface area (Å²) < 4.78 is 10.3. The molecule has 6 heteroatoms. The first-order valence-corrected chi connectivity index (χ1v) is 5.86. The van der Waals surface area contributed by atoms with Crippen LogP contribution in [0.5, 0.6) is 0 Å². The molecule has 98 valence electrons. The Hall–Kier alpha value is -2.63. The van der Waals surface area contributed by atoms with Gasteiger partial charge in [-0.25, -0.2) is 4.79 Å². The highest BCUT2D eigenvalue weighted by Crippen LogP contribution is 2.28. The maximum Gasteiger partial charge on any atom is 0.417 e. The molecule has 0 spiro atoms. The molecular weight excluding hydrogens is 246 g/mol. The number of benzene rings is 1. The van der Waals surface area contributed by atoms with Crippen molar-refractivity contribution in [3.05, 3.63) is 46.8 Å². The predicted molar refractivity (Wildman–Crippen MR) is 72.0 cm³/mol. The minimum atomic E-state index is -0.495. The number of fused-ring (bicyclic) bond motifs is 1. The van der Waals surface area contributed by atoms with Gasteiger partial charge in [-0.1, -0.05) is 0 Å². The second-order valence-corrected chi connectivity index (χ2v) is 4.33. The minimum absolute atomic E-state index is 0.0339. The van der Waals surface area contributed by atoms with Crippen LogP contribution in [0.25, 0.3) is 11.1 Å². The molecule has 6 nitrogen and oxygen atoms in total. The summed E-state index contributed by atoms with van der Waals surface area (Å²) in [7, 11) is 0. The van der Waals surface area contributed by atoms with Gasteiger partial charge in [0.2, 0.25) is 0 Å². The zero-order chi connectivity index (χ0) is 13.4. The summed E-state index contributed by atoms with van der Waals surface area (Å²) in [5, 5.41) is 3.23. The smallest absolute Gasteiger partial charge is 0.417 e. The number of aromatic nitrogens is 1. The molecule has 0 aliphatic heterocycles. The number of anilines is 2. The Morgan fingerprint density at radius 1 is 1.42 bits per heavy atom. The lowest BCUT2D eigenvalue weighted by Crippen LogP contribution is -2.07. The zero-order valence-corrected chi connectivity index (χ0v) is 10.3. The third-order valence-electron chi connectivity index (χ3n) is 2.93. The quantitative estimate of drug-likeness (QED) is 0.628. The van der Waals surface area contributed by atoms with E-state index in [9.17, 15) is 4.79 Å². The second kappa shape index (κ2) is 4.24. The van der Waals surface area contributed by atoms with E-state index in [4.69, 9.17) is 14.6 Å². The predicted octanol–water partition coefficient (Wildman–Crippen LogP) is 2.47. The number of hydrogen-bond acceptors (Lipinski definition) is 5. The lowest BCUT2D eigenvalue weighted by atomic mass is 10.2. The maximum absolute atomic E-state index is 11.1. The van der Waals surface area contributed by atoms with E-state index >= 15 is 0 Å². The van der Waals surface area contributed by atoms with Crippen molar-refractivity contribution in [1.82, 2.24) is 4.98 Å². The first-order valence-electron chi connectivity index (χ1n) is 5.86. The summed E-state index contributed by atoms with van der Waals surface area (Å²) in [6.45, 7) is 1.96.